The van der Waals surface area contributed by atoms with Gasteiger partial charge in [0, 0.05) is 26.6 Å². The summed E-state index contributed by atoms with van der Waals surface area (Å²) in [5, 5.41) is 13.5. The highest BCUT2D eigenvalue weighted by molar-refractivity contribution is 5.75. The number of carbonyl (C=O) groups excluding carboxylic acids is 2. The monoisotopic (exact) mass is 581 g/mol. The second-order valence-electron chi connectivity index (χ2n) is 8.30. The van der Waals surface area contributed by atoms with Crippen molar-refractivity contribution in [3.63, 3.8) is 0 Å². The molecule has 1 aromatic carbocycles. The van der Waals surface area contributed by atoms with Crippen molar-refractivity contribution in [2.45, 2.75) is 46.4 Å². The minimum Gasteiger partial charge on any atom is -0.445 e. The number of nitrogens with one attached hydrogen (secondary N) is 2. The lowest BCUT2D eigenvalue weighted by Gasteiger charge is -2.08. The highest BCUT2D eigenvalue weighted by Gasteiger charge is 2.05. The Labute approximate surface area is 243 Å². The first kappa shape index (κ1) is 35.9. The average molecular weight is 582 g/mol. The van der Waals surface area contributed by atoms with E-state index in [0.29, 0.717) is 97.6 Å². The van der Waals surface area contributed by atoms with Gasteiger partial charge in [-0.1, -0.05) is 49.4 Å². The van der Waals surface area contributed by atoms with E-state index in [9.17, 15) is 9.59 Å². The Morgan fingerprint density at radius 3 is 2.20 bits per heavy atom. The first-order valence-electron chi connectivity index (χ1n) is 14.1. The fourth-order valence-electron chi connectivity index (χ4n) is 3.10. The molecule has 0 aliphatic heterocycles. The van der Waals surface area contributed by atoms with Gasteiger partial charge < -0.3 is 39.1 Å². The first-order chi connectivity index (χ1) is 20.2. The van der Waals surface area contributed by atoms with Gasteiger partial charge in [-0.25, -0.2) is 9.48 Å². The van der Waals surface area contributed by atoms with Gasteiger partial charge in [0.05, 0.1) is 72.2 Å². The van der Waals surface area contributed by atoms with E-state index < -0.39 is 6.09 Å². The number of ether oxygens (including phenoxy) is 6. The van der Waals surface area contributed by atoms with Gasteiger partial charge in [-0.15, -0.1) is 5.10 Å². The third-order valence-electron chi connectivity index (χ3n) is 5.11. The van der Waals surface area contributed by atoms with Crippen LogP contribution in [0.4, 0.5) is 4.79 Å². The van der Waals surface area contributed by atoms with Crippen LogP contribution in [0, 0.1) is 0 Å². The van der Waals surface area contributed by atoms with E-state index in [0.717, 1.165) is 5.56 Å². The molecule has 0 spiro atoms. The van der Waals surface area contributed by atoms with E-state index in [1.165, 1.54) is 0 Å². The Morgan fingerprint density at radius 2 is 1.49 bits per heavy atom. The van der Waals surface area contributed by atoms with Gasteiger partial charge in [-0.3, -0.25) is 4.79 Å². The summed E-state index contributed by atoms with van der Waals surface area (Å²) < 4.78 is 33.5. The van der Waals surface area contributed by atoms with E-state index in [-0.39, 0.29) is 12.5 Å². The number of amides is 2. The Hall–Kier alpha value is -3.10. The van der Waals surface area contributed by atoms with Crippen molar-refractivity contribution < 1.29 is 38.0 Å². The largest absolute Gasteiger partial charge is 0.445 e. The lowest BCUT2D eigenvalue weighted by molar-refractivity contribution is -0.121. The SMILES string of the molecule is CC.COCCOCCOCCOCCn1cc(COCCNC(=O)CCCNC(=O)OCc2ccccc2)nn1. The summed E-state index contributed by atoms with van der Waals surface area (Å²) in [6, 6.07) is 9.43. The molecule has 2 aromatic rings. The molecule has 2 rings (SSSR count). The normalized spacial score (nSPS) is 10.5. The average Bonchev–Trinajstić information content (AvgIpc) is 3.46. The molecule has 0 radical (unpaired) electrons. The van der Waals surface area contributed by atoms with Crippen LogP contribution in [-0.4, -0.2) is 100 Å². The van der Waals surface area contributed by atoms with E-state index in [4.69, 9.17) is 28.4 Å². The van der Waals surface area contributed by atoms with Crippen LogP contribution in [0.1, 0.15) is 37.9 Å². The molecule has 2 amide bonds. The number of aromatic nitrogens is 3. The molecule has 0 bridgehead atoms. The van der Waals surface area contributed by atoms with E-state index >= 15 is 0 Å². The molecule has 13 heteroatoms. The molecular formula is C28H47N5O8. The molecule has 0 atom stereocenters. The van der Waals surface area contributed by atoms with E-state index in [1.54, 1.807) is 18.0 Å². The molecule has 1 aromatic heterocycles. The van der Waals surface area contributed by atoms with Crippen LogP contribution < -0.4 is 10.6 Å². The number of nitrogens with zero attached hydrogens (tertiary/aromatic N) is 3. The summed E-state index contributed by atoms with van der Waals surface area (Å²) in [6.07, 6.45) is 2.11. The number of carbonyl (C=O) groups is 2. The van der Waals surface area contributed by atoms with Crippen LogP contribution >= 0.6 is 0 Å². The minimum atomic E-state index is -0.502. The lowest BCUT2D eigenvalue weighted by atomic mass is 10.2. The Bertz CT molecular complexity index is 901. The second-order valence-corrected chi connectivity index (χ2v) is 8.30. The lowest BCUT2D eigenvalue weighted by Crippen LogP contribution is -2.29. The second kappa shape index (κ2) is 25.8. The zero-order valence-electron chi connectivity index (χ0n) is 24.7. The number of methoxy groups -OCH3 is 1. The summed E-state index contributed by atoms with van der Waals surface area (Å²) in [4.78, 5) is 23.6. The van der Waals surface area contributed by atoms with Gasteiger partial charge in [-0.2, -0.15) is 0 Å². The fourth-order valence-corrected chi connectivity index (χ4v) is 3.10. The molecule has 0 unspecified atom stereocenters. The maximum absolute atomic E-state index is 11.9. The van der Waals surface area contributed by atoms with Crippen LogP contribution in [0.15, 0.2) is 36.5 Å². The third kappa shape index (κ3) is 20.4. The van der Waals surface area contributed by atoms with Crippen molar-refractivity contribution in [1.82, 2.24) is 25.6 Å². The van der Waals surface area contributed by atoms with Gasteiger partial charge in [0.25, 0.3) is 0 Å². The molecule has 0 saturated carbocycles. The van der Waals surface area contributed by atoms with Crippen molar-refractivity contribution in [1.29, 1.82) is 0 Å². The quantitative estimate of drug-likeness (QED) is 0.188. The number of benzene rings is 1. The van der Waals surface area contributed by atoms with Gasteiger partial charge in [0.15, 0.2) is 0 Å². The fraction of sp³-hybridized carbons (Fsp3) is 0.643. The maximum Gasteiger partial charge on any atom is 0.407 e. The van der Waals surface area contributed by atoms with Crippen LogP contribution in [0.2, 0.25) is 0 Å². The number of hydrogen-bond acceptors (Lipinski definition) is 10. The third-order valence-corrected chi connectivity index (χ3v) is 5.11. The highest BCUT2D eigenvalue weighted by Crippen LogP contribution is 2.00. The molecule has 0 aliphatic carbocycles. The van der Waals surface area contributed by atoms with Crippen molar-refractivity contribution >= 4 is 12.0 Å². The predicted octanol–water partition coefficient (Wildman–Crippen LogP) is 2.34. The maximum atomic E-state index is 11.9. The molecule has 0 saturated heterocycles. The Morgan fingerprint density at radius 1 is 0.805 bits per heavy atom. The molecule has 41 heavy (non-hydrogen) atoms. The zero-order chi connectivity index (χ0) is 29.8. The van der Waals surface area contributed by atoms with Gasteiger partial charge in [-0.05, 0) is 12.0 Å². The molecule has 232 valence electrons. The van der Waals surface area contributed by atoms with Crippen molar-refractivity contribution in [2.24, 2.45) is 0 Å². The number of alkyl carbamates (subject to hydrolysis) is 1. The van der Waals surface area contributed by atoms with Crippen LogP contribution in [0.25, 0.3) is 0 Å². The van der Waals surface area contributed by atoms with Crippen molar-refractivity contribution in [3.05, 3.63) is 47.8 Å². The number of hydrogen-bond donors (Lipinski definition) is 2. The molecular weight excluding hydrogens is 534 g/mol. The van der Waals surface area contributed by atoms with Gasteiger partial charge >= 0.3 is 6.09 Å². The van der Waals surface area contributed by atoms with Gasteiger partial charge in [0.1, 0.15) is 12.3 Å². The highest BCUT2D eigenvalue weighted by atomic mass is 16.6. The number of rotatable bonds is 23. The molecule has 1 heterocycles. The van der Waals surface area contributed by atoms with Crippen LogP contribution in [-0.2, 0) is 53.0 Å². The summed E-state index contributed by atoms with van der Waals surface area (Å²) in [6.45, 7) is 9.86. The van der Waals surface area contributed by atoms with E-state index in [2.05, 4.69) is 20.9 Å². The minimum absolute atomic E-state index is 0.107. The summed E-state index contributed by atoms with van der Waals surface area (Å²) >= 11 is 0. The molecule has 13 nitrogen and oxygen atoms in total. The van der Waals surface area contributed by atoms with Crippen LogP contribution in [0.5, 0.6) is 0 Å². The Kier molecular flexibility index (Phi) is 22.6. The topological polar surface area (TPSA) is 144 Å². The molecule has 0 aliphatic rings. The smallest absolute Gasteiger partial charge is 0.407 e. The Balaban J connectivity index is 0.00000411. The zero-order valence-corrected chi connectivity index (χ0v) is 24.7. The predicted molar refractivity (Wildman–Crippen MR) is 152 cm³/mol. The van der Waals surface area contributed by atoms with Crippen LogP contribution in [0.3, 0.4) is 0 Å². The van der Waals surface area contributed by atoms with Crippen molar-refractivity contribution in [2.75, 3.05) is 73.1 Å². The molecule has 0 fully saturated rings. The first-order valence-corrected chi connectivity index (χ1v) is 14.1. The summed E-state index contributed by atoms with van der Waals surface area (Å²) in [5.41, 5.74) is 1.61. The standard InChI is InChI=1S/C26H41N5O8.C2H6/c1-34-14-15-36-18-19-37-17-16-35-13-11-31-20-24(29-30-31)22-38-12-10-27-25(32)8-5-9-28-26(33)39-21-23-6-3-2-4-7-23;1-2/h2-4,6-7,20H,5,8-19,21-22H2,1H3,(H,27,32)(H,28,33);1-2H3. The summed E-state index contributed by atoms with van der Waals surface area (Å²) in [5.74, 6) is -0.107. The van der Waals surface area contributed by atoms with E-state index in [1.807, 2.05) is 44.2 Å². The van der Waals surface area contributed by atoms with Gasteiger partial charge in [0.2, 0.25) is 5.91 Å². The molecule has 2 N–H and O–H groups in total. The summed E-state index contributed by atoms with van der Waals surface area (Å²) in [7, 11) is 1.64. The van der Waals surface area contributed by atoms with Crippen molar-refractivity contribution in [3.8, 4) is 0 Å².